The number of Topliss-reactive ketones (excluding diaryl/α,β-unsaturated/α-hetero) is 1. The van der Waals surface area contributed by atoms with Crippen molar-refractivity contribution in [2.75, 3.05) is 0 Å². The largest absolute Gasteiger partial charge is 0.297 e. The van der Waals surface area contributed by atoms with E-state index in [0.717, 1.165) is 22.4 Å². The number of carbonyl (C=O) groups is 1. The molecule has 0 amide bonds. The highest BCUT2D eigenvalue weighted by atomic mass is 16.1. The van der Waals surface area contributed by atoms with Gasteiger partial charge in [0.1, 0.15) is 11.5 Å². The molecule has 3 aromatic rings. The first-order chi connectivity index (χ1) is 15.3. The topological polar surface area (TPSA) is 32.7 Å². The second kappa shape index (κ2) is 8.25. The van der Waals surface area contributed by atoms with Crippen LogP contribution in [0.5, 0.6) is 0 Å². The maximum absolute atomic E-state index is 13.8. The number of amidine groups is 1. The van der Waals surface area contributed by atoms with Gasteiger partial charge in [0.05, 0.1) is 5.70 Å². The van der Waals surface area contributed by atoms with Gasteiger partial charge >= 0.3 is 0 Å². The molecule has 0 aliphatic carbocycles. The van der Waals surface area contributed by atoms with Crippen molar-refractivity contribution in [2.24, 2.45) is 4.99 Å². The number of carbonyl (C=O) groups excluding carboxylic acids is 1. The number of fused-ring (bicyclic) bond motifs is 1. The summed E-state index contributed by atoms with van der Waals surface area (Å²) < 4.78 is 0. The molecule has 3 heteroatoms. The van der Waals surface area contributed by atoms with E-state index < -0.39 is 0 Å². The van der Waals surface area contributed by atoms with Crippen LogP contribution in [-0.4, -0.2) is 16.5 Å². The monoisotopic (exact) mass is 400 g/mol. The maximum Gasteiger partial charge on any atom is 0.210 e. The molecule has 0 saturated heterocycles. The second-order valence-electron chi connectivity index (χ2n) is 7.26. The molecule has 0 N–H and O–H groups in total. The van der Waals surface area contributed by atoms with Gasteiger partial charge in [-0.3, -0.25) is 9.69 Å². The van der Waals surface area contributed by atoms with Gasteiger partial charge in [-0.05, 0) is 23.8 Å². The quantitative estimate of drug-likeness (QED) is 0.494. The Kier molecular flexibility index (Phi) is 4.99. The summed E-state index contributed by atoms with van der Waals surface area (Å²) in [6.45, 7) is 0. The van der Waals surface area contributed by atoms with E-state index in [0.29, 0.717) is 17.1 Å². The number of hydrogen-bond donors (Lipinski definition) is 0. The lowest BCUT2D eigenvalue weighted by molar-refractivity contribution is 0.101. The molecule has 0 atom stereocenters. The molecular formula is C28H20N2O. The van der Waals surface area contributed by atoms with Crippen LogP contribution in [0.2, 0.25) is 0 Å². The van der Waals surface area contributed by atoms with Crippen LogP contribution >= 0.6 is 0 Å². The van der Waals surface area contributed by atoms with Crippen LogP contribution < -0.4 is 0 Å². The molecule has 5 rings (SSSR count). The Morgan fingerprint density at radius 2 is 1.32 bits per heavy atom. The average molecular weight is 400 g/mol. The van der Waals surface area contributed by atoms with Crippen LogP contribution in [0.4, 0.5) is 0 Å². The van der Waals surface area contributed by atoms with Gasteiger partial charge in [-0.1, -0.05) is 97.1 Å². The normalized spacial score (nSPS) is 15.2. The van der Waals surface area contributed by atoms with E-state index in [4.69, 9.17) is 4.99 Å². The number of allylic oxidation sites excluding steroid dienone is 5. The summed E-state index contributed by atoms with van der Waals surface area (Å²) in [5.74, 6) is 0.667. The fraction of sp³-hybridized carbons (Fsp3) is 0. The number of benzene rings is 3. The van der Waals surface area contributed by atoms with Gasteiger partial charge in [-0.15, -0.1) is 0 Å². The second-order valence-corrected chi connectivity index (χ2v) is 7.26. The van der Waals surface area contributed by atoms with Gasteiger partial charge in [0.2, 0.25) is 5.78 Å². The third-order valence-corrected chi connectivity index (χ3v) is 5.26. The third-order valence-electron chi connectivity index (χ3n) is 5.26. The van der Waals surface area contributed by atoms with Crippen molar-refractivity contribution in [3.63, 3.8) is 0 Å². The Labute approximate surface area is 181 Å². The summed E-state index contributed by atoms with van der Waals surface area (Å²) >= 11 is 0. The van der Waals surface area contributed by atoms with Crippen molar-refractivity contribution in [3.05, 3.63) is 144 Å². The molecule has 0 unspecified atom stereocenters. The number of hydrogen-bond acceptors (Lipinski definition) is 3. The number of nitrogens with zero attached hydrogens (tertiary/aromatic N) is 2. The summed E-state index contributed by atoms with van der Waals surface area (Å²) in [7, 11) is 0. The van der Waals surface area contributed by atoms with E-state index in [2.05, 4.69) is 0 Å². The SMILES string of the molecule is O=C(C1=C(c2ccccc2)C=C(c2ccccc2)N=C2C=CC=CN21)c1ccccc1. The maximum atomic E-state index is 13.8. The Hall–Kier alpha value is -4.24. The van der Waals surface area contributed by atoms with Gasteiger partial charge in [0.25, 0.3) is 0 Å². The lowest BCUT2D eigenvalue weighted by Gasteiger charge is -2.25. The van der Waals surface area contributed by atoms with Crippen molar-refractivity contribution >= 4 is 22.9 Å². The molecule has 2 aliphatic heterocycles. The van der Waals surface area contributed by atoms with Gasteiger partial charge in [-0.25, -0.2) is 4.99 Å². The molecular weight excluding hydrogens is 380 g/mol. The highest BCUT2D eigenvalue weighted by molar-refractivity contribution is 6.19. The van der Waals surface area contributed by atoms with Crippen molar-refractivity contribution in [3.8, 4) is 0 Å². The smallest absolute Gasteiger partial charge is 0.210 e. The first-order valence-electron chi connectivity index (χ1n) is 10.2. The lowest BCUT2D eigenvalue weighted by atomic mass is 9.96. The number of ketones is 1. The zero-order valence-corrected chi connectivity index (χ0v) is 16.8. The van der Waals surface area contributed by atoms with Crippen LogP contribution in [0.15, 0.2) is 132 Å². The molecule has 3 nitrogen and oxygen atoms in total. The first-order valence-corrected chi connectivity index (χ1v) is 10.2. The zero-order chi connectivity index (χ0) is 21.0. The van der Waals surface area contributed by atoms with E-state index >= 15 is 0 Å². The molecule has 3 aromatic carbocycles. The molecule has 0 bridgehead atoms. The minimum Gasteiger partial charge on any atom is -0.297 e. The summed E-state index contributed by atoms with van der Waals surface area (Å²) in [5, 5.41) is 0. The van der Waals surface area contributed by atoms with Crippen molar-refractivity contribution < 1.29 is 4.79 Å². The van der Waals surface area contributed by atoms with E-state index in [1.807, 2.05) is 126 Å². The Morgan fingerprint density at radius 3 is 2.00 bits per heavy atom. The number of rotatable bonds is 4. The molecule has 0 aromatic heterocycles. The van der Waals surface area contributed by atoms with Crippen molar-refractivity contribution in [1.29, 1.82) is 0 Å². The zero-order valence-electron chi connectivity index (χ0n) is 16.8. The lowest BCUT2D eigenvalue weighted by Crippen LogP contribution is -2.29. The van der Waals surface area contributed by atoms with E-state index in [-0.39, 0.29) is 5.78 Å². The molecule has 0 spiro atoms. The standard InChI is InChI=1S/C28H20N2O/c31-28(23-16-8-3-9-17-23)27-24(21-12-4-1-5-13-21)20-25(22-14-6-2-7-15-22)29-26-18-10-11-19-30(26)27/h1-20H. The Morgan fingerprint density at radius 1 is 0.710 bits per heavy atom. The minimum atomic E-state index is -0.0438. The van der Waals surface area contributed by atoms with Crippen LogP contribution in [0.1, 0.15) is 21.5 Å². The van der Waals surface area contributed by atoms with Crippen LogP contribution in [0.25, 0.3) is 11.3 Å². The van der Waals surface area contributed by atoms with E-state index in [1.165, 1.54) is 0 Å². The molecule has 0 radical (unpaired) electrons. The van der Waals surface area contributed by atoms with Crippen LogP contribution in [-0.2, 0) is 0 Å². The summed E-state index contributed by atoms with van der Waals surface area (Å²) in [5.41, 5.74) is 4.85. The van der Waals surface area contributed by atoms with Crippen molar-refractivity contribution in [1.82, 2.24) is 4.90 Å². The average Bonchev–Trinajstić information content (AvgIpc) is 3.02. The van der Waals surface area contributed by atoms with E-state index in [1.54, 1.807) is 0 Å². The first kappa shape index (κ1) is 18.8. The fourth-order valence-electron chi connectivity index (χ4n) is 3.76. The molecule has 2 heterocycles. The molecule has 148 valence electrons. The molecule has 2 aliphatic rings. The predicted octanol–water partition coefficient (Wildman–Crippen LogP) is 6.12. The summed E-state index contributed by atoms with van der Waals surface area (Å²) in [6, 6.07) is 29.5. The number of aliphatic imine (C=N–C) groups is 1. The van der Waals surface area contributed by atoms with Gasteiger partial charge in [0, 0.05) is 22.9 Å². The molecule has 0 fully saturated rings. The van der Waals surface area contributed by atoms with Gasteiger partial charge < -0.3 is 0 Å². The summed E-state index contributed by atoms with van der Waals surface area (Å²) in [6.07, 6.45) is 9.72. The Bertz CT molecular complexity index is 1260. The predicted molar refractivity (Wildman–Crippen MR) is 126 cm³/mol. The highest BCUT2D eigenvalue weighted by Gasteiger charge is 2.28. The van der Waals surface area contributed by atoms with E-state index in [9.17, 15) is 4.79 Å². The molecule has 31 heavy (non-hydrogen) atoms. The minimum absolute atomic E-state index is 0.0438. The van der Waals surface area contributed by atoms with Gasteiger partial charge in [-0.2, -0.15) is 0 Å². The van der Waals surface area contributed by atoms with Crippen LogP contribution in [0, 0.1) is 0 Å². The fourth-order valence-corrected chi connectivity index (χ4v) is 3.76. The third kappa shape index (κ3) is 3.69. The Balaban J connectivity index is 1.80. The highest BCUT2D eigenvalue weighted by Crippen LogP contribution is 2.34. The molecule has 0 saturated carbocycles. The summed E-state index contributed by atoms with van der Waals surface area (Å²) in [4.78, 5) is 20.6. The van der Waals surface area contributed by atoms with Crippen molar-refractivity contribution in [2.45, 2.75) is 0 Å². The van der Waals surface area contributed by atoms with Crippen LogP contribution in [0.3, 0.4) is 0 Å². The van der Waals surface area contributed by atoms with Gasteiger partial charge in [0.15, 0.2) is 0 Å².